The number of halogens is 2. The highest BCUT2D eigenvalue weighted by atomic mass is 35.5. The molecule has 0 radical (unpaired) electrons. The monoisotopic (exact) mass is 479 g/mol. The van der Waals surface area contributed by atoms with E-state index in [2.05, 4.69) is 25.3 Å². The Balaban J connectivity index is 1.50. The van der Waals surface area contributed by atoms with E-state index in [-0.39, 0.29) is 23.6 Å². The quantitative estimate of drug-likeness (QED) is 0.348. The van der Waals surface area contributed by atoms with Gasteiger partial charge >= 0.3 is 0 Å². The second-order valence-electron chi connectivity index (χ2n) is 8.03. The molecule has 33 heavy (non-hydrogen) atoms. The van der Waals surface area contributed by atoms with Crippen LogP contribution in [0.5, 0.6) is 0 Å². The van der Waals surface area contributed by atoms with Gasteiger partial charge in [0.15, 0.2) is 0 Å². The lowest BCUT2D eigenvalue weighted by Crippen LogP contribution is -2.34. The van der Waals surface area contributed by atoms with Gasteiger partial charge in [0, 0.05) is 34.5 Å². The van der Waals surface area contributed by atoms with Crippen molar-refractivity contribution in [2.24, 2.45) is 0 Å². The Morgan fingerprint density at radius 3 is 2.70 bits per heavy atom. The average Bonchev–Trinajstić information content (AvgIpc) is 3.39. The minimum Gasteiger partial charge on any atom is -0.412 e. The van der Waals surface area contributed by atoms with Crippen molar-refractivity contribution in [1.82, 2.24) is 20.4 Å². The highest BCUT2D eigenvalue weighted by Crippen LogP contribution is 2.44. The number of Topliss-reactive ketones (excluding diaryl/α,β-unsaturated/α-hetero) is 1. The summed E-state index contributed by atoms with van der Waals surface area (Å²) < 4.78 is 5.69. The number of rotatable bonds is 5. The fourth-order valence-electron chi connectivity index (χ4n) is 4.24. The van der Waals surface area contributed by atoms with Gasteiger partial charge in [-0.15, -0.1) is 15.3 Å². The van der Waals surface area contributed by atoms with Crippen molar-refractivity contribution >= 4 is 34.7 Å². The minimum absolute atomic E-state index is 0.0497. The topological polar surface area (TPSA) is 85.0 Å². The molecular formula is C24H19Cl2N5O2. The number of carbonyl (C=O) groups excluding carboxylic acids is 1. The van der Waals surface area contributed by atoms with Gasteiger partial charge in [0.25, 0.3) is 11.8 Å². The number of anilines is 1. The Labute approximate surface area is 200 Å². The SMILES string of the molecule is Cc1ccc2c(c1)C(C(=O)c1nnc(-c3cccnn3)o1)C(C)N2Cc1ccc(Cl)cc1Cl. The Bertz CT molecular complexity index is 1340. The molecule has 0 saturated heterocycles. The smallest absolute Gasteiger partial charge is 0.285 e. The van der Waals surface area contributed by atoms with Crippen LogP contribution in [-0.4, -0.2) is 32.2 Å². The van der Waals surface area contributed by atoms with Crippen LogP contribution in [0.2, 0.25) is 10.0 Å². The van der Waals surface area contributed by atoms with Crippen molar-refractivity contribution < 1.29 is 9.21 Å². The lowest BCUT2D eigenvalue weighted by molar-refractivity contribution is 0.0919. The van der Waals surface area contributed by atoms with Crippen molar-refractivity contribution in [2.45, 2.75) is 32.4 Å². The molecule has 2 aromatic heterocycles. The van der Waals surface area contributed by atoms with Crippen molar-refractivity contribution in [2.75, 3.05) is 4.90 Å². The third kappa shape index (κ3) is 3.98. The number of nitrogens with zero attached hydrogens (tertiary/aromatic N) is 5. The Hall–Kier alpha value is -3.29. The van der Waals surface area contributed by atoms with Crippen LogP contribution in [0.15, 0.2) is 59.1 Å². The van der Waals surface area contributed by atoms with Gasteiger partial charge in [-0.2, -0.15) is 5.10 Å². The molecule has 0 amide bonds. The molecule has 4 aromatic rings. The largest absolute Gasteiger partial charge is 0.412 e. The van der Waals surface area contributed by atoms with Crippen molar-refractivity contribution in [3.8, 4) is 11.6 Å². The van der Waals surface area contributed by atoms with Gasteiger partial charge in [0.05, 0.1) is 5.92 Å². The molecule has 2 unspecified atom stereocenters. The second-order valence-corrected chi connectivity index (χ2v) is 8.87. The van der Waals surface area contributed by atoms with Crippen LogP contribution in [0.3, 0.4) is 0 Å². The summed E-state index contributed by atoms with van der Waals surface area (Å²) in [4.78, 5) is 15.8. The fourth-order valence-corrected chi connectivity index (χ4v) is 4.71. The predicted molar refractivity (Wildman–Crippen MR) is 126 cm³/mol. The molecule has 0 aliphatic carbocycles. The number of hydrogen-bond acceptors (Lipinski definition) is 7. The minimum atomic E-state index is -0.471. The number of carbonyl (C=O) groups is 1. The number of benzene rings is 2. The van der Waals surface area contributed by atoms with Gasteiger partial charge < -0.3 is 9.32 Å². The zero-order chi connectivity index (χ0) is 23.1. The first-order chi connectivity index (χ1) is 15.9. The van der Waals surface area contributed by atoms with Crippen molar-refractivity contribution in [3.05, 3.63) is 87.4 Å². The summed E-state index contributed by atoms with van der Waals surface area (Å²) in [7, 11) is 0. The lowest BCUT2D eigenvalue weighted by Gasteiger charge is -2.27. The Kier molecular flexibility index (Phi) is 5.60. The van der Waals surface area contributed by atoms with E-state index in [1.807, 2.05) is 44.2 Å². The van der Waals surface area contributed by atoms with Crippen molar-refractivity contribution in [1.29, 1.82) is 0 Å². The number of hydrogen-bond donors (Lipinski definition) is 0. The molecule has 0 spiro atoms. The maximum absolute atomic E-state index is 13.6. The van der Waals surface area contributed by atoms with Crippen LogP contribution in [0.4, 0.5) is 5.69 Å². The predicted octanol–water partition coefficient (Wildman–Crippen LogP) is 5.52. The Morgan fingerprint density at radius 2 is 1.94 bits per heavy atom. The molecule has 2 aromatic carbocycles. The molecule has 0 fully saturated rings. The standard InChI is InChI=1S/C24H19Cl2N5O2/c1-13-5-8-20-17(10-13)21(14(2)31(20)12-15-6-7-16(25)11-18(15)26)22(32)24-30-29-23(33-24)19-4-3-9-27-28-19/h3-11,14,21H,12H2,1-2H3. The van der Waals surface area contributed by atoms with E-state index >= 15 is 0 Å². The normalized spacial score (nSPS) is 17.3. The first-order valence-corrected chi connectivity index (χ1v) is 11.1. The molecule has 0 bridgehead atoms. The summed E-state index contributed by atoms with van der Waals surface area (Å²) in [6, 6.07) is 14.8. The molecule has 166 valence electrons. The van der Waals surface area contributed by atoms with Crippen LogP contribution in [0.25, 0.3) is 11.6 Å². The molecule has 5 rings (SSSR count). The summed E-state index contributed by atoms with van der Waals surface area (Å²) >= 11 is 12.5. The summed E-state index contributed by atoms with van der Waals surface area (Å²) in [5.41, 5.74) is 4.31. The summed E-state index contributed by atoms with van der Waals surface area (Å²) in [6.07, 6.45) is 1.55. The molecule has 3 heterocycles. The third-order valence-corrected chi connectivity index (χ3v) is 6.45. The van der Waals surface area contributed by atoms with Crippen LogP contribution >= 0.6 is 23.2 Å². The first-order valence-electron chi connectivity index (χ1n) is 10.4. The number of aromatic nitrogens is 4. The number of ketones is 1. The summed E-state index contributed by atoms with van der Waals surface area (Å²) in [5, 5.41) is 17.0. The maximum Gasteiger partial charge on any atom is 0.285 e. The highest BCUT2D eigenvalue weighted by Gasteiger charge is 2.42. The first kappa shape index (κ1) is 21.6. The fraction of sp³-hybridized carbons (Fsp3) is 0.208. The molecular weight excluding hydrogens is 461 g/mol. The molecule has 0 saturated carbocycles. The molecule has 0 N–H and O–H groups in total. The van der Waals surface area contributed by atoms with E-state index in [9.17, 15) is 4.79 Å². The number of fused-ring (bicyclic) bond motifs is 1. The van der Waals surface area contributed by atoms with Gasteiger partial charge in [-0.25, -0.2) is 0 Å². The zero-order valence-corrected chi connectivity index (χ0v) is 19.4. The highest BCUT2D eigenvalue weighted by molar-refractivity contribution is 6.35. The van der Waals surface area contributed by atoms with Gasteiger partial charge in [0.2, 0.25) is 5.78 Å². The zero-order valence-electron chi connectivity index (χ0n) is 17.9. The molecule has 9 heteroatoms. The molecule has 1 aliphatic rings. The molecule has 2 atom stereocenters. The lowest BCUT2D eigenvalue weighted by atomic mass is 9.90. The van der Waals surface area contributed by atoms with Crippen LogP contribution in [0, 0.1) is 6.92 Å². The van der Waals surface area contributed by atoms with Crippen LogP contribution < -0.4 is 4.90 Å². The third-order valence-electron chi connectivity index (χ3n) is 5.87. The summed E-state index contributed by atoms with van der Waals surface area (Å²) in [6.45, 7) is 4.55. The molecule has 7 nitrogen and oxygen atoms in total. The van der Waals surface area contributed by atoms with Gasteiger partial charge in [-0.05, 0) is 55.3 Å². The molecule has 1 aliphatic heterocycles. The summed E-state index contributed by atoms with van der Waals surface area (Å²) in [5.74, 6) is -0.597. The maximum atomic E-state index is 13.6. The van der Waals surface area contributed by atoms with E-state index in [1.54, 1.807) is 24.4 Å². The van der Waals surface area contributed by atoms with Gasteiger partial charge in [-0.3, -0.25) is 4.79 Å². The van der Waals surface area contributed by atoms with Gasteiger partial charge in [-0.1, -0.05) is 47.0 Å². The van der Waals surface area contributed by atoms with E-state index < -0.39 is 5.92 Å². The second kappa shape index (κ2) is 8.57. The van der Waals surface area contributed by atoms with E-state index in [1.165, 1.54) is 0 Å². The average molecular weight is 480 g/mol. The van der Waals surface area contributed by atoms with Gasteiger partial charge in [0.1, 0.15) is 5.69 Å². The Morgan fingerprint density at radius 1 is 1.09 bits per heavy atom. The van der Waals surface area contributed by atoms with Crippen LogP contribution in [0.1, 0.15) is 40.2 Å². The van der Waals surface area contributed by atoms with E-state index in [4.69, 9.17) is 27.6 Å². The van der Waals surface area contributed by atoms with Crippen molar-refractivity contribution in [3.63, 3.8) is 0 Å². The van der Waals surface area contributed by atoms with Crippen LogP contribution in [-0.2, 0) is 6.54 Å². The number of aryl methyl sites for hydroxylation is 1. The van der Waals surface area contributed by atoms with E-state index in [0.29, 0.717) is 22.3 Å². The van der Waals surface area contributed by atoms with E-state index in [0.717, 1.165) is 22.4 Å².